The Hall–Kier alpha value is -0.520. The molecule has 1 N–H and O–H groups in total. The van der Waals surface area contributed by atoms with Crippen LogP contribution in [0, 0.1) is 0 Å². The predicted octanol–water partition coefficient (Wildman–Crippen LogP) is 2.55. The molecule has 0 radical (unpaired) electrons. The highest BCUT2D eigenvalue weighted by Gasteiger charge is 2.09. The highest BCUT2D eigenvalue weighted by molar-refractivity contribution is 7.09. The van der Waals surface area contributed by atoms with E-state index in [2.05, 4.69) is 11.4 Å². The summed E-state index contributed by atoms with van der Waals surface area (Å²) in [5, 5.41) is 5.20. The van der Waals surface area contributed by atoms with E-state index in [1.165, 1.54) is 4.88 Å². The predicted molar refractivity (Wildman–Crippen MR) is 62.3 cm³/mol. The van der Waals surface area contributed by atoms with Crippen LogP contribution < -0.4 is 5.32 Å². The lowest BCUT2D eigenvalue weighted by atomic mass is 10.1. The second-order valence-electron chi connectivity index (χ2n) is 3.52. The molecule has 0 aromatic carbocycles. The molecule has 2 nitrogen and oxygen atoms in total. The SMILES string of the molecule is CNC(CCOCC(F)F)Cc1cccs1. The molecular weight excluding hydrogens is 232 g/mol. The Balaban J connectivity index is 2.17. The van der Waals surface area contributed by atoms with E-state index in [1.807, 2.05) is 18.5 Å². The average molecular weight is 249 g/mol. The van der Waals surface area contributed by atoms with Gasteiger partial charge in [-0.1, -0.05) is 6.07 Å². The lowest BCUT2D eigenvalue weighted by molar-refractivity contribution is 0.0146. The molecule has 5 heteroatoms. The second kappa shape index (κ2) is 7.70. The van der Waals surface area contributed by atoms with Crippen molar-refractivity contribution < 1.29 is 13.5 Å². The molecule has 0 aliphatic heterocycles. The van der Waals surface area contributed by atoms with Crippen molar-refractivity contribution in [1.29, 1.82) is 0 Å². The molecule has 0 bridgehead atoms. The summed E-state index contributed by atoms with van der Waals surface area (Å²) in [5.74, 6) is 0. The van der Waals surface area contributed by atoms with Crippen molar-refractivity contribution in [2.45, 2.75) is 25.3 Å². The molecule has 1 aromatic rings. The maximum Gasteiger partial charge on any atom is 0.261 e. The molecule has 16 heavy (non-hydrogen) atoms. The van der Waals surface area contributed by atoms with E-state index < -0.39 is 13.0 Å². The number of halogens is 2. The molecule has 0 amide bonds. The van der Waals surface area contributed by atoms with Crippen LogP contribution in [-0.2, 0) is 11.2 Å². The Morgan fingerprint density at radius 2 is 2.31 bits per heavy atom. The fourth-order valence-electron chi connectivity index (χ4n) is 1.42. The largest absolute Gasteiger partial charge is 0.375 e. The molecule has 1 heterocycles. The van der Waals surface area contributed by atoms with Gasteiger partial charge in [-0.05, 0) is 31.3 Å². The van der Waals surface area contributed by atoms with Gasteiger partial charge in [0, 0.05) is 17.5 Å². The fraction of sp³-hybridized carbons (Fsp3) is 0.636. The summed E-state index contributed by atoms with van der Waals surface area (Å²) in [5.41, 5.74) is 0. The maximum atomic E-state index is 11.8. The Morgan fingerprint density at radius 1 is 1.50 bits per heavy atom. The van der Waals surface area contributed by atoms with Gasteiger partial charge in [0.1, 0.15) is 6.61 Å². The van der Waals surface area contributed by atoms with Gasteiger partial charge in [0.2, 0.25) is 0 Å². The zero-order valence-electron chi connectivity index (χ0n) is 9.29. The Morgan fingerprint density at radius 3 is 2.88 bits per heavy atom. The van der Waals surface area contributed by atoms with Crippen molar-refractivity contribution in [2.75, 3.05) is 20.3 Å². The molecule has 1 unspecified atom stereocenters. The van der Waals surface area contributed by atoms with Gasteiger partial charge in [0.25, 0.3) is 6.43 Å². The lowest BCUT2D eigenvalue weighted by Gasteiger charge is -2.15. The minimum atomic E-state index is -2.37. The van der Waals surface area contributed by atoms with Crippen molar-refractivity contribution in [1.82, 2.24) is 5.32 Å². The molecule has 92 valence electrons. The summed E-state index contributed by atoms with van der Waals surface area (Å²) in [6, 6.07) is 4.38. The number of nitrogens with one attached hydrogen (secondary N) is 1. The van der Waals surface area contributed by atoms with Gasteiger partial charge in [0.15, 0.2) is 0 Å². The standard InChI is InChI=1S/C11H17F2NOS/c1-14-9(4-5-15-8-11(12)13)7-10-3-2-6-16-10/h2-3,6,9,11,14H,4-5,7-8H2,1H3. The van der Waals surface area contributed by atoms with E-state index in [0.29, 0.717) is 6.61 Å². The number of alkyl halides is 2. The third-order valence-electron chi connectivity index (χ3n) is 2.29. The number of thiophene rings is 1. The number of hydrogen-bond acceptors (Lipinski definition) is 3. The van der Waals surface area contributed by atoms with Gasteiger partial charge < -0.3 is 10.1 Å². The molecule has 0 saturated heterocycles. The summed E-state index contributed by atoms with van der Waals surface area (Å²) < 4.78 is 28.5. The van der Waals surface area contributed by atoms with Crippen LogP contribution in [0.2, 0.25) is 0 Å². The summed E-state index contributed by atoms with van der Waals surface area (Å²) in [4.78, 5) is 1.30. The van der Waals surface area contributed by atoms with Crippen molar-refractivity contribution in [3.63, 3.8) is 0 Å². The van der Waals surface area contributed by atoms with E-state index in [9.17, 15) is 8.78 Å². The first-order valence-electron chi connectivity index (χ1n) is 5.28. The summed E-state index contributed by atoms with van der Waals surface area (Å²) in [6.45, 7) is -0.0866. The van der Waals surface area contributed by atoms with Crippen LogP contribution in [0.25, 0.3) is 0 Å². The van der Waals surface area contributed by atoms with Crippen molar-refractivity contribution >= 4 is 11.3 Å². The highest BCUT2D eigenvalue weighted by Crippen LogP contribution is 2.12. The molecule has 0 fully saturated rings. The van der Waals surface area contributed by atoms with E-state index in [4.69, 9.17) is 4.74 Å². The van der Waals surface area contributed by atoms with Crippen LogP contribution in [-0.4, -0.2) is 32.7 Å². The minimum absolute atomic E-state index is 0.288. The van der Waals surface area contributed by atoms with Gasteiger partial charge >= 0.3 is 0 Å². The molecule has 1 rings (SSSR count). The van der Waals surface area contributed by atoms with Gasteiger partial charge in [-0.2, -0.15) is 0 Å². The number of hydrogen-bond donors (Lipinski definition) is 1. The number of ether oxygens (including phenoxy) is 1. The van der Waals surface area contributed by atoms with Crippen LogP contribution in [0.3, 0.4) is 0 Å². The first-order valence-corrected chi connectivity index (χ1v) is 6.16. The molecule has 1 atom stereocenters. The van der Waals surface area contributed by atoms with Crippen LogP contribution in [0.5, 0.6) is 0 Å². The molecular formula is C11H17F2NOS. The van der Waals surface area contributed by atoms with E-state index in [-0.39, 0.29) is 6.04 Å². The Kier molecular flexibility index (Phi) is 6.52. The van der Waals surface area contributed by atoms with Crippen LogP contribution in [0.4, 0.5) is 8.78 Å². The summed E-state index contributed by atoms with van der Waals surface area (Å²) in [7, 11) is 1.88. The van der Waals surface area contributed by atoms with Gasteiger partial charge in [-0.25, -0.2) is 8.78 Å². The van der Waals surface area contributed by atoms with Crippen molar-refractivity contribution in [3.05, 3.63) is 22.4 Å². The quantitative estimate of drug-likeness (QED) is 0.715. The third kappa shape index (κ3) is 5.53. The molecule has 0 aliphatic rings. The number of rotatable bonds is 8. The van der Waals surface area contributed by atoms with Crippen LogP contribution in [0.1, 0.15) is 11.3 Å². The highest BCUT2D eigenvalue weighted by atomic mass is 32.1. The Bertz CT molecular complexity index is 267. The lowest BCUT2D eigenvalue weighted by Crippen LogP contribution is -2.29. The zero-order chi connectivity index (χ0) is 11.8. The van der Waals surface area contributed by atoms with Gasteiger partial charge in [0.05, 0.1) is 0 Å². The zero-order valence-corrected chi connectivity index (χ0v) is 10.1. The fourth-order valence-corrected chi connectivity index (χ4v) is 2.20. The van der Waals surface area contributed by atoms with E-state index >= 15 is 0 Å². The molecule has 0 spiro atoms. The first kappa shape index (κ1) is 13.5. The van der Waals surface area contributed by atoms with Crippen LogP contribution >= 0.6 is 11.3 Å². The van der Waals surface area contributed by atoms with E-state index in [1.54, 1.807) is 11.3 Å². The smallest absolute Gasteiger partial charge is 0.261 e. The maximum absolute atomic E-state index is 11.8. The normalized spacial score (nSPS) is 13.2. The van der Waals surface area contributed by atoms with Gasteiger partial charge in [-0.15, -0.1) is 11.3 Å². The van der Waals surface area contributed by atoms with Crippen molar-refractivity contribution in [3.8, 4) is 0 Å². The monoisotopic (exact) mass is 249 g/mol. The topological polar surface area (TPSA) is 21.3 Å². The average Bonchev–Trinajstić information content (AvgIpc) is 2.75. The first-order chi connectivity index (χ1) is 7.72. The minimum Gasteiger partial charge on any atom is -0.375 e. The van der Waals surface area contributed by atoms with E-state index in [0.717, 1.165) is 12.8 Å². The second-order valence-corrected chi connectivity index (χ2v) is 4.56. The summed E-state index contributed by atoms with van der Waals surface area (Å²) >= 11 is 1.71. The molecule has 0 aliphatic carbocycles. The number of likely N-dealkylation sites (N-methyl/N-ethyl adjacent to an activating group) is 1. The molecule has 0 saturated carbocycles. The van der Waals surface area contributed by atoms with Crippen LogP contribution in [0.15, 0.2) is 17.5 Å². The third-order valence-corrected chi connectivity index (χ3v) is 3.19. The van der Waals surface area contributed by atoms with Gasteiger partial charge in [-0.3, -0.25) is 0 Å². The Labute approximate surface area is 98.6 Å². The van der Waals surface area contributed by atoms with Crippen molar-refractivity contribution in [2.24, 2.45) is 0 Å². The summed E-state index contributed by atoms with van der Waals surface area (Å²) in [6.07, 6.45) is -0.696. The molecule has 1 aromatic heterocycles.